The number of Topliss-reactive ketones (excluding diaryl/α,β-unsaturated/α-hetero) is 1. The molecule has 3 rings (SSSR count). The lowest BCUT2D eigenvalue weighted by molar-refractivity contribution is -0.114. The van der Waals surface area contributed by atoms with E-state index in [1.54, 1.807) is 6.20 Å². The van der Waals surface area contributed by atoms with Crippen LogP contribution in [0.1, 0.15) is 12.6 Å². The summed E-state index contributed by atoms with van der Waals surface area (Å²) in [6.45, 7) is 3.37. The number of nitrogens with zero attached hydrogens (tertiary/aromatic N) is 5. The van der Waals surface area contributed by atoms with Crippen LogP contribution in [-0.2, 0) is 4.79 Å². The summed E-state index contributed by atoms with van der Waals surface area (Å²) in [6.07, 6.45) is 8.35. The molecule has 3 aromatic rings. The van der Waals surface area contributed by atoms with E-state index in [4.69, 9.17) is 40.5 Å². The quantitative estimate of drug-likeness (QED) is 0.642. The molecule has 0 fully saturated rings. The highest BCUT2D eigenvalue weighted by molar-refractivity contribution is 6.32. The molecule has 128 valence electrons. The smallest absolute Gasteiger partial charge is 0.175 e. The van der Waals surface area contributed by atoms with Crippen molar-refractivity contribution in [3.63, 3.8) is 0 Å². The van der Waals surface area contributed by atoms with Crippen molar-refractivity contribution < 1.29 is 4.79 Å². The van der Waals surface area contributed by atoms with Crippen LogP contribution in [0.4, 0.5) is 5.82 Å². The number of fused-ring (bicyclic) bond motifs is 1. The first-order chi connectivity index (χ1) is 11.3. The van der Waals surface area contributed by atoms with Crippen LogP contribution in [0.15, 0.2) is 31.0 Å². The van der Waals surface area contributed by atoms with Crippen molar-refractivity contribution in [3.8, 4) is 0 Å². The Morgan fingerprint density at radius 1 is 1.17 bits per heavy atom. The molecule has 0 saturated carbocycles. The fourth-order valence-corrected chi connectivity index (χ4v) is 1.64. The second-order valence-electron chi connectivity index (χ2n) is 4.40. The molecule has 3 aromatic heterocycles. The maximum absolute atomic E-state index is 9.68. The van der Waals surface area contributed by atoms with Crippen LogP contribution in [0.3, 0.4) is 0 Å². The standard InChI is InChI=1S/C7H6ClN3.C4H4ClN3.C3H5ClO/c1-5-4-11-3-2-9-6(8)7(11)10-5;5-3-4(6)8-2-1-7-3;1-3(5)2-4/h2-4H,1H3;1-2H,(H2,6,8);2H2,1H3. The van der Waals surface area contributed by atoms with E-state index in [1.807, 2.05) is 23.7 Å². The maximum atomic E-state index is 9.68. The van der Waals surface area contributed by atoms with Gasteiger partial charge in [0.05, 0.1) is 11.6 Å². The van der Waals surface area contributed by atoms with E-state index in [9.17, 15) is 4.79 Å². The predicted molar refractivity (Wildman–Crippen MR) is 95.6 cm³/mol. The van der Waals surface area contributed by atoms with Gasteiger partial charge in [-0.05, 0) is 13.8 Å². The van der Waals surface area contributed by atoms with Crippen LogP contribution in [0.25, 0.3) is 5.65 Å². The van der Waals surface area contributed by atoms with Crippen molar-refractivity contribution >= 4 is 52.1 Å². The van der Waals surface area contributed by atoms with E-state index >= 15 is 0 Å². The predicted octanol–water partition coefficient (Wildman–Crippen LogP) is 3.22. The Kier molecular flexibility index (Phi) is 8.39. The fourth-order valence-electron chi connectivity index (χ4n) is 1.34. The highest BCUT2D eigenvalue weighted by Gasteiger charge is 2.01. The Morgan fingerprint density at radius 3 is 2.21 bits per heavy atom. The molecule has 2 N–H and O–H groups in total. The minimum atomic E-state index is 0.0201. The molecule has 7 nitrogen and oxygen atoms in total. The zero-order chi connectivity index (χ0) is 18.1. The second kappa shape index (κ2) is 10.0. The minimum absolute atomic E-state index is 0.0201. The van der Waals surface area contributed by atoms with Gasteiger partial charge in [0, 0.05) is 31.0 Å². The van der Waals surface area contributed by atoms with Crippen molar-refractivity contribution in [1.29, 1.82) is 0 Å². The number of aromatic nitrogens is 5. The number of anilines is 1. The molecule has 0 aliphatic rings. The zero-order valence-electron chi connectivity index (χ0n) is 12.9. The molecule has 0 aliphatic carbocycles. The Bertz CT molecular complexity index is 787. The molecule has 0 amide bonds. The lowest BCUT2D eigenvalue weighted by Crippen LogP contribution is -1.90. The van der Waals surface area contributed by atoms with Gasteiger partial charge in [-0.1, -0.05) is 23.2 Å². The van der Waals surface area contributed by atoms with E-state index in [-0.39, 0.29) is 22.6 Å². The van der Waals surface area contributed by atoms with Crippen LogP contribution in [0.2, 0.25) is 10.3 Å². The zero-order valence-corrected chi connectivity index (χ0v) is 15.2. The first-order valence-electron chi connectivity index (χ1n) is 6.58. The van der Waals surface area contributed by atoms with E-state index < -0.39 is 0 Å². The summed E-state index contributed by atoms with van der Waals surface area (Å²) in [6, 6.07) is 0. The molecular formula is C14H15Cl3N6O. The van der Waals surface area contributed by atoms with E-state index in [0.29, 0.717) is 10.8 Å². The summed E-state index contributed by atoms with van der Waals surface area (Å²) in [5.74, 6) is 0.431. The van der Waals surface area contributed by atoms with Gasteiger partial charge in [-0.15, -0.1) is 11.6 Å². The summed E-state index contributed by atoms with van der Waals surface area (Å²) in [5, 5.41) is 0.702. The Labute approximate surface area is 153 Å². The molecule has 10 heteroatoms. The molecule has 3 heterocycles. The summed E-state index contributed by atoms with van der Waals surface area (Å²) in [5.41, 5.74) is 6.87. The normalized spacial score (nSPS) is 9.54. The fraction of sp³-hybridized carbons (Fsp3) is 0.214. The summed E-state index contributed by atoms with van der Waals surface area (Å²) in [7, 11) is 0. The number of carbonyl (C=O) groups excluding carboxylic acids is 1. The van der Waals surface area contributed by atoms with Crippen LogP contribution in [-0.4, -0.2) is 36.0 Å². The summed E-state index contributed by atoms with van der Waals surface area (Å²) >= 11 is 16.2. The van der Waals surface area contributed by atoms with Crippen LogP contribution < -0.4 is 5.73 Å². The Balaban J connectivity index is 0.000000196. The topological polar surface area (TPSA) is 99.1 Å². The second-order valence-corrected chi connectivity index (χ2v) is 5.38. The molecule has 0 spiro atoms. The third-order valence-electron chi connectivity index (χ3n) is 2.32. The molecular weight excluding hydrogens is 375 g/mol. The van der Waals surface area contributed by atoms with Gasteiger partial charge in [-0.3, -0.25) is 4.79 Å². The van der Waals surface area contributed by atoms with Crippen molar-refractivity contribution in [2.75, 3.05) is 11.6 Å². The summed E-state index contributed by atoms with van der Waals surface area (Å²) in [4.78, 5) is 25.1. The van der Waals surface area contributed by atoms with Crippen molar-refractivity contribution in [1.82, 2.24) is 24.3 Å². The molecule has 0 bridgehead atoms. The third kappa shape index (κ3) is 6.66. The van der Waals surface area contributed by atoms with Gasteiger partial charge in [-0.2, -0.15) is 0 Å². The van der Waals surface area contributed by atoms with Gasteiger partial charge in [0.2, 0.25) is 0 Å². The monoisotopic (exact) mass is 388 g/mol. The van der Waals surface area contributed by atoms with Crippen molar-refractivity contribution in [2.24, 2.45) is 0 Å². The lowest BCUT2D eigenvalue weighted by Gasteiger charge is -1.91. The molecule has 0 aromatic carbocycles. The number of hydrogen-bond donors (Lipinski definition) is 1. The number of hydrogen-bond acceptors (Lipinski definition) is 6. The SMILES string of the molecule is CC(=O)CCl.Cc1cn2ccnc(Cl)c2n1.Nc1nccnc1Cl. The van der Waals surface area contributed by atoms with Gasteiger partial charge in [0.25, 0.3) is 0 Å². The number of halogens is 3. The number of nitrogens with two attached hydrogens (primary N) is 1. The van der Waals surface area contributed by atoms with E-state index in [0.717, 1.165) is 5.69 Å². The molecule has 24 heavy (non-hydrogen) atoms. The first-order valence-corrected chi connectivity index (χ1v) is 7.87. The Hall–Kier alpha value is -1.96. The van der Waals surface area contributed by atoms with Gasteiger partial charge in [0.15, 0.2) is 21.8 Å². The number of nitrogen functional groups attached to an aromatic ring is 1. The average Bonchev–Trinajstić information content (AvgIpc) is 2.93. The number of carbonyl (C=O) groups is 1. The number of rotatable bonds is 1. The first kappa shape index (κ1) is 20.1. The minimum Gasteiger partial charge on any atom is -0.381 e. The van der Waals surface area contributed by atoms with Crippen LogP contribution in [0.5, 0.6) is 0 Å². The lowest BCUT2D eigenvalue weighted by atomic mass is 10.5. The molecule has 0 unspecified atom stereocenters. The highest BCUT2D eigenvalue weighted by Crippen LogP contribution is 2.12. The molecule has 0 saturated heterocycles. The largest absolute Gasteiger partial charge is 0.381 e. The van der Waals surface area contributed by atoms with Crippen molar-refractivity contribution in [2.45, 2.75) is 13.8 Å². The number of alkyl halides is 1. The highest BCUT2D eigenvalue weighted by atomic mass is 35.5. The van der Waals surface area contributed by atoms with E-state index in [2.05, 4.69) is 19.9 Å². The Morgan fingerprint density at radius 2 is 1.75 bits per heavy atom. The number of aryl methyl sites for hydroxylation is 1. The maximum Gasteiger partial charge on any atom is 0.175 e. The van der Waals surface area contributed by atoms with Gasteiger partial charge in [0.1, 0.15) is 5.78 Å². The molecule has 0 aliphatic heterocycles. The number of imidazole rings is 1. The van der Waals surface area contributed by atoms with Gasteiger partial charge < -0.3 is 10.1 Å². The van der Waals surface area contributed by atoms with Gasteiger partial charge in [-0.25, -0.2) is 19.9 Å². The van der Waals surface area contributed by atoms with Gasteiger partial charge >= 0.3 is 0 Å². The van der Waals surface area contributed by atoms with E-state index in [1.165, 1.54) is 19.3 Å². The van der Waals surface area contributed by atoms with Crippen molar-refractivity contribution in [3.05, 3.63) is 47.0 Å². The molecule has 0 atom stereocenters. The van der Waals surface area contributed by atoms with Crippen LogP contribution >= 0.6 is 34.8 Å². The summed E-state index contributed by atoms with van der Waals surface area (Å²) < 4.78 is 1.85. The number of ketones is 1. The third-order valence-corrected chi connectivity index (χ3v) is 3.25. The van der Waals surface area contributed by atoms with Crippen LogP contribution in [0, 0.1) is 6.92 Å². The molecule has 0 radical (unpaired) electrons. The average molecular weight is 390 g/mol.